The Morgan fingerprint density at radius 2 is 1.85 bits per heavy atom. The number of hydrogen-bond acceptors (Lipinski definition) is 5. The summed E-state index contributed by atoms with van der Waals surface area (Å²) in [6.07, 6.45) is 4.98. The Balaban J connectivity index is 1.47. The van der Waals surface area contributed by atoms with Crippen molar-refractivity contribution in [3.63, 3.8) is 0 Å². The summed E-state index contributed by atoms with van der Waals surface area (Å²) in [7, 11) is 1.61. The molecule has 1 amide bonds. The zero-order valence-corrected chi connectivity index (χ0v) is 15.9. The predicted molar refractivity (Wildman–Crippen MR) is 101 cm³/mol. The first-order chi connectivity index (χ1) is 13.0. The second kappa shape index (κ2) is 8.53. The number of rotatable bonds is 6. The van der Waals surface area contributed by atoms with E-state index in [2.05, 4.69) is 16.3 Å². The van der Waals surface area contributed by atoms with Crippen molar-refractivity contribution < 1.29 is 14.3 Å². The van der Waals surface area contributed by atoms with Crippen LogP contribution < -0.4 is 10.1 Å². The van der Waals surface area contributed by atoms with E-state index >= 15 is 0 Å². The van der Waals surface area contributed by atoms with Crippen molar-refractivity contribution in [3.8, 4) is 11.8 Å². The molecule has 0 unspecified atom stereocenters. The number of nitrogens with one attached hydrogen (secondary N) is 1. The lowest BCUT2D eigenvalue weighted by Gasteiger charge is -2.32. The van der Waals surface area contributed by atoms with Crippen LogP contribution in [0.1, 0.15) is 48.9 Å². The Kier molecular flexibility index (Phi) is 6.12. The molecule has 6 heteroatoms. The van der Waals surface area contributed by atoms with Gasteiger partial charge < -0.3 is 10.1 Å². The highest BCUT2D eigenvalue weighted by atomic mass is 16.5. The van der Waals surface area contributed by atoms with Crippen molar-refractivity contribution in [2.75, 3.05) is 26.7 Å². The van der Waals surface area contributed by atoms with Crippen LogP contribution in [0.2, 0.25) is 0 Å². The lowest BCUT2D eigenvalue weighted by Crippen LogP contribution is -2.50. The maximum absolute atomic E-state index is 12.7. The molecule has 0 radical (unpaired) electrons. The minimum atomic E-state index is -0.667. The van der Waals surface area contributed by atoms with Crippen molar-refractivity contribution in [3.05, 3.63) is 29.8 Å². The average Bonchev–Trinajstić information content (AvgIpc) is 3.17. The standard InChI is InChI=1S/C21H27N3O3/c1-27-18-6-4-16(5-7-18)20(26)17-8-12-24(13-9-17)14-19(25)23-21(15-22)10-2-3-11-21/h4-7,17H,2-3,8-14H2,1H3,(H,23,25). The average molecular weight is 369 g/mol. The summed E-state index contributed by atoms with van der Waals surface area (Å²) in [6.45, 7) is 1.74. The maximum Gasteiger partial charge on any atom is 0.235 e. The number of carbonyl (C=O) groups excluding carboxylic acids is 2. The lowest BCUT2D eigenvalue weighted by molar-refractivity contribution is -0.123. The second-order valence-electron chi connectivity index (χ2n) is 7.59. The van der Waals surface area contributed by atoms with E-state index in [4.69, 9.17) is 4.74 Å². The molecular weight excluding hydrogens is 342 g/mol. The van der Waals surface area contributed by atoms with Gasteiger partial charge in [-0.15, -0.1) is 0 Å². The van der Waals surface area contributed by atoms with Crippen molar-refractivity contribution in [2.24, 2.45) is 5.92 Å². The third-order valence-electron chi connectivity index (χ3n) is 5.75. The van der Waals surface area contributed by atoms with E-state index in [0.29, 0.717) is 12.1 Å². The molecule has 0 spiro atoms. The van der Waals surface area contributed by atoms with Gasteiger partial charge >= 0.3 is 0 Å². The van der Waals surface area contributed by atoms with E-state index < -0.39 is 5.54 Å². The lowest BCUT2D eigenvalue weighted by atomic mass is 9.89. The van der Waals surface area contributed by atoms with Gasteiger partial charge in [-0.25, -0.2) is 0 Å². The van der Waals surface area contributed by atoms with Gasteiger partial charge in [-0.2, -0.15) is 5.26 Å². The highest BCUT2D eigenvalue weighted by Gasteiger charge is 2.36. The molecule has 1 aliphatic heterocycles. The monoisotopic (exact) mass is 369 g/mol. The molecular formula is C21H27N3O3. The SMILES string of the molecule is COc1ccc(C(=O)C2CCN(CC(=O)NC3(C#N)CCCC3)CC2)cc1. The van der Waals surface area contributed by atoms with Crippen molar-refractivity contribution in [2.45, 2.75) is 44.1 Å². The van der Waals surface area contributed by atoms with Crippen molar-refractivity contribution in [1.29, 1.82) is 5.26 Å². The van der Waals surface area contributed by atoms with Gasteiger partial charge in [0.15, 0.2) is 5.78 Å². The molecule has 1 saturated carbocycles. The summed E-state index contributed by atoms with van der Waals surface area (Å²) in [5.41, 5.74) is 0.0453. The van der Waals surface area contributed by atoms with Crippen LogP contribution in [0.3, 0.4) is 0 Å². The Hall–Kier alpha value is -2.39. The highest BCUT2D eigenvalue weighted by Crippen LogP contribution is 2.29. The van der Waals surface area contributed by atoms with E-state index in [9.17, 15) is 14.9 Å². The number of carbonyl (C=O) groups is 2. The van der Waals surface area contributed by atoms with Gasteiger partial charge in [-0.3, -0.25) is 14.5 Å². The minimum Gasteiger partial charge on any atom is -0.497 e. The second-order valence-corrected chi connectivity index (χ2v) is 7.59. The Labute approximate surface area is 160 Å². The van der Waals surface area contributed by atoms with Crippen LogP contribution in [-0.2, 0) is 4.79 Å². The number of ketones is 1. The van der Waals surface area contributed by atoms with E-state index in [-0.39, 0.29) is 17.6 Å². The first-order valence-electron chi connectivity index (χ1n) is 9.68. The van der Waals surface area contributed by atoms with Gasteiger partial charge in [0.05, 0.1) is 19.7 Å². The third kappa shape index (κ3) is 4.67. The molecule has 1 saturated heterocycles. The molecule has 1 aliphatic carbocycles. The highest BCUT2D eigenvalue weighted by molar-refractivity contribution is 5.98. The number of nitrogens with zero attached hydrogens (tertiary/aromatic N) is 2. The van der Waals surface area contributed by atoms with Crippen LogP contribution >= 0.6 is 0 Å². The third-order valence-corrected chi connectivity index (χ3v) is 5.75. The van der Waals surface area contributed by atoms with E-state index in [1.807, 2.05) is 12.1 Å². The Morgan fingerprint density at radius 1 is 1.22 bits per heavy atom. The number of methoxy groups -OCH3 is 1. The van der Waals surface area contributed by atoms with Gasteiger partial charge in [0.2, 0.25) is 5.91 Å². The van der Waals surface area contributed by atoms with Crippen LogP contribution in [0.25, 0.3) is 0 Å². The van der Waals surface area contributed by atoms with Gasteiger partial charge in [0, 0.05) is 11.5 Å². The van der Waals surface area contributed by atoms with Gasteiger partial charge in [0.1, 0.15) is 11.3 Å². The molecule has 27 heavy (non-hydrogen) atoms. The van der Waals surface area contributed by atoms with Gasteiger partial charge in [-0.05, 0) is 75.9 Å². The van der Waals surface area contributed by atoms with Gasteiger partial charge in [0.25, 0.3) is 0 Å². The summed E-state index contributed by atoms with van der Waals surface area (Å²) >= 11 is 0. The quantitative estimate of drug-likeness (QED) is 0.779. The van der Waals surface area contributed by atoms with E-state index in [1.54, 1.807) is 19.2 Å². The van der Waals surface area contributed by atoms with E-state index in [0.717, 1.165) is 57.4 Å². The summed E-state index contributed by atoms with van der Waals surface area (Å²) in [5, 5.41) is 12.3. The molecule has 1 heterocycles. The molecule has 0 atom stereocenters. The first kappa shape index (κ1) is 19.4. The number of hydrogen-bond donors (Lipinski definition) is 1. The minimum absolute atomic E-state index is 0.00186. The Bertz CT molecular complexity index is 709. The Morgan fingerprint density at radius 3 is 2.41 bits per heavy atom. The topological polar surface area (TPSA) is 82.4 Å². The maximum atomic E-state index is 12.7. The number of nitriles is 1. The fraction of sp³-hybridized carbons (Fsp3) is 0.571. The zero-order valence-electron chi connectivity index (χ0n) is 15.9. The number of benzene rings is 1. The number of piperidine rings is 1. The fourth-order valence-electron chi connectivity index (χ4n) is 4.10. The number of Topliss-reactive ketones (excluding diaryl/α,β-unsaturated/α-hetero) is 1. The normalized spacial score (nSPS) is 20.0. The number of ether oxygens (including phenoxy) is 1. The van der Waals surface area contributed by atoms with Crippen LogP contribution in [0.5, 0.6) is 5.75 Å². The van der Waals surface area contributed by atoms with Crippen molar-refractivity contribution >= 4 is 11.7 Å². The first-order valence-corrected chi connectivity index (χ1v) is 9.68. The number of likely N-dealkylation sites (tertiary alicyclic amines) is 1. The van der Waals surface area contributed by atoms with Crippen LogP contribution in [0, 0.1) is 17.2 Å². The fourth-order valence-corrected chi connectivity index (χ4v) is 4.10. The molecule has 1 N–H and O–H groups in total. The molecule has 144 valence electrons. The van der Waals surface area contributed by atoms with Crippen LogP contribution in [0.4, 0.5) is 0 Å². The van der Waals surface area contributed by atoms with E-state index in [1.165, 1.54) is 0 Å². The molecule has 2 fully saturated rings. The van der Waals surface area contributed by atoms with Crippen LogP contribution in [-0.4, -0.2) is 48.9 Å². The predicted octanol–water partition coefficient (Wildman–Crippen LogP) is 2.54. The number of amides is 1. The largest absolute Gasteiger partial charge is 0.497 e. The molecule has 0 aromatic heterocycles. The zero-order chi connectivity index (χ0) is 19.3. The molecule has 6 nitrogen and oxygen atoms in total. The smallest absolute Gasteiger partial charge is 0.235 e. The van der Waals surface area contributed by atoms with Gasteiger partial charge in [-0.1, -0.05) is 0 Å². The molecule has 3 rings (SSSR count). The summed E-state index contributed by atoms with van der Waals surface area (Å²) < 4.78 is 5.13. The molecule has 2 aliphatic rings. The summed E-state index contributed by atoms with van der Waals surface area (Å²) in [4.78, 5) is 27.1. The summed E-state index contributed by atoms with van der Waals surface area (Å²) in [5.74, 6) is 0.817. The van der Waals surface area contributed by atoms with Crippen LogP contribution in [0.15, 0.2) is 24.3 Å². The molecule has 0 bridgehead atoms. The van der Waals surface area contributed by atoms with Crippen molar-refractivity contribution in [1.82, 2.24) is 10.2 Å². The molecule has 1 aromatic rings. The molecule has 1 aromatic carbocycles. The summed E-state index contributed by atoms with van der Waals surface area (Å²) in [6, 6.07) is 9.52.